The molecule has 0 aliphatic carbocycles. The Hall–Kier alpha value is -2.12. The van der Waals surface area contributed by atoms with Crippen molar-refractivity contribution in [3.8, 4) is 6.07 Å². The Balaban J connectivity index is 1.95. The maximum Gasteiger partial charge on any atom is 0.122 e. The summed E-state index contributed by atoms with van der Waals surface area (Å²) in [4.78, 5) is 4.22. The molecule has 1 N–H and O–H groups in total. The van der Waals surface area contributed by atoms with E-state index in [0.717, 1.165) is 17.0 Å². The fraction of sp³-hybridized carbons (Fsp3) is 0.231. The van der Waals surface area contributed by atoms with Crippen molar-refractivity contribution in [2.45, 2.75) is 13.1 Å². The lowest BCUT2D eigenvalue weighted by atomic mass is 10.1. The Morgan fingerprint density at radius 2 is 2.18 bits per heavy atom. The number of hydrogen-bond acceptors (Lipinski definition) is 3. The van der Waals surface area contributed by atoms with Crippen molar-refractivity contribution >= 4 is 0 Å². The summed E-state index contributed by atoms with van der Waals surface area (Å²) in [5.74, 6) is 0.986. The van der Waals surface area contributed by atoms with E-state index in [1.807, 2.05) is 42.1 Å². The van der Waals surface area contributed by atoms with Gasteiger partial charge in [0.25, 0.3) is 0 Å². The van der Waals surface area contributed by atoms with E-state index in [1.165, 1.54) is 0 Å². The molecule has 0 unspecified atom stereocenters. The molecular formula is C13H14N4. The minimum Gasteiger partial charge on any atom is -0.337 e. The maximum absolute atomic E-state index is 8.95. The number of rotatable bonds is 4. The molecule has 0 saturated heterocycles. The highest BCUT2D eigenvalue weighted by molar-refractivity contribution is 5.37. The fourth-order valence-corrected chi connectivity index (χ4v) is 1.66. The minimum atomic E-state index is 0.677. The molecule has 0 spiro atoms. The highest BCUT2D eigenvalue weighted by Gasteiger charge is 2.01. The van der Waals surface area contributed by atoms with Crippen molar-refractivity contribution in [1.29, 1.82) is 5.26 Å². The number of aromatic nitrogens is 2. The molecule has 17 heavy (non-hydrogen) atoms. The number of hydrogen-bond donors (Lipinski definition) is 1. The van der Waals surface area contributed by atoms with Crippen LogP contribution < -0.4 is 5.32 Å². The first-order chi connectivity index (χ1) is 8.31. The van der Waals surface area contributed by atoms with Crippen LogP contribution in [0.15, 0.2) is 36.7 Å². The summed E-state index contributed by atoms with van der Waals surface area (Å²) < 4.78 is 1.98. The minimum absolute atomic E-state index is 0.677. The van der Waals surface area contributed by atoms with Crippen molar-refractivity contribution in [3.63, 3.8) is 0 Å². The normalized spacial score (nSPS) is 10.1. The number of imidazole rings is 1. The Kier molecular flexibility index (Phi) is 3.53. The van der Waals surface area contributed by atoms with Crippen LogP contribution in [0.4, 0.5) is 0 Å². The second-order valence-electron chi connectivity index (χ2n) is 3.83. The third kappa shape index (κ3) is 2.71. The second-order valence-corrected chi connectivity index (χ2v) is 3.83. The van der Waals surface area contributed by atoms with Crippen molar-refractivity contribution in [2.75, 3.05) is 0 Å². The molecule has 2 aromatic rings. The first kappa shape index (κ1) is 11.4. The molecule has 1 aromatic carbocycles. The highest BCUT2D eigenvalue weighted by atomic mass is 15.1. The number of nitrogens with zero attached hydrogens (tertiary/aromatic N) is 3. The molecule has 4 nitrogen and oxygen atoms in total. The van der Waals surface area contributed by atoms with Gasteiger partial charge in [-0.15, -0.1) is 0 Å². The summed E-state index contributed by atoms with van der Waals surface area (Å²) >= 11 is 0. The van der Waals surface area contributed by atoms with Gasteiger partial charge in [-0.25, -0.2) is 4.98 Å². The summed E-state index contributed by atoms with van der Waals surface area (Å²) in [5, 5.41) is 12.2. The van der Waals surface area contributed by atoms with Crippen LogP contribution in [0, 0.1) is 11.3 Å². The monoisotopic (exact) mass is 226 g/mol. The lowest BCUT2D eigenvalue weighted by Crippen LogP contribution is -2.16. The van der Waals surface area contributed by atoms with Crippen LogP contribution in [0.3, 0.4) is 0 Å². The van der Waals surface area contributed by atoms with Crippen LogP contribution in [0.5, 0.6) is 0 Å². The van der Waals surface area contributed by atoms with Crippen molar-refractivity contribution < 1.29 is 0 Å². The van der Waals surface area contributed by atoms with Crippen molar-refractivity contribution in [3.05, 3.63) is 53.6 Å². The predicted octanol–water partition coefficient (Wildman–Crippen LogP) is 1.58. The lowest BCUT2D eigenvalue weighted by Gasteiger charge is -2.06. The van der Waals surface area contributed by atoms with Crippen LogP contribution in [0.2, 0.25) is 0 Å². The first-order valence-corrected chi connectivity index (χ1v) is 5.46. The SMILES string of the molecule is Cn1ccnc1CNCc1ccccc1C#N. The zero-order valence-corrected chi connectivity index (χ0v) is 9.72. The molecule has 0 atom stereocenters. The highest BCUT2D eigenvalue weighted by Crippen LogP contribution is 2.06. The van der Waals surface area contributed by atoms with Crippen LogP contribution >= 0.6 is 0 Å². The van der Waals surface area contributed by atoms with Crippen LogP contribution in [-0.4, -0.2) is 9.55 Å². The molecule has 0 amide bonds. The number of aryl methyl sites for hydroxylation is 1. The van der Waals surface area contributed by atoms with Gasteiger partial charge in [0, 0.05) is 26.0 Å². The van der Waals surface area contributed by atoms with Gasteiger partial charge in [0.05, 0.1) is 18.2 Å². The standard InChI is InChI=1S/C13H14N4/c1-17-7-6-16-13(17)10-15-9-12-5-3-2-4-11(12)8-14/h2-7,15H,9-10H2,1H3. The molecule has 2 rings (SSSR count). The zero-order valence-electron chi connectivity index (χ0n) is 9.72. The van der Waals surface area contributed by atoms with E-state index in [4.69, 9.17) is 5.26 Å². The number of nitriles is 1. The lowest BCUT2D eigenvalue weighted by molar-refractivity contribution is 0.638. The molecule has 0 saturated carbocycles. The van der Waals surface area contributed by atoms with Crippen molar-refractivity contribution in [1.82, 2.24) is 14.9 Å². The van der Waals surface area contributed by atoms with Gasteiger partial charge in [-0.3, -0.25) is 0 Å². The molecule has 86 valence electrons. The van der Waals surface area contributed by atoms with E-state index in [9.17, 15) is 0 Å². The van der Waals surface area contributed by atoms with Crippen LogP contribution in [0.25, 0.3) is 0 Å². The Bertz CT molecular complexity index is 536. The molecule has 0 radical (unpaired) electrons. The molecule has 0 bridgehead atoms. The van der Waals surface area contributed by atoms with E-state index < -0.39 is 0 Å². The van der Waals surface area contributed by atoms with Gasteiger partial charge >= 0.3 is 0 Å². The summed E-state index contributed by atoms with van der Waals surface area (Å²) in [6, 6.07) is 9.80. The van der Waals surface area contributed by atoms with Gasteiger partial charge in [0.15, 0.2) is 0 Å². The topological polar surface area (TPSA) is 53.6 Å². The average molecular weight is 226 g/mol. The molecular weight excluding hydrogens is 212 g/mol. The summed E-state index contributed by atoms with van der Waals surface area (Å²) in [7, 11) is 1.97. The van der Waals surface area contributed by atoms with E-state index in [0.29, 0.717) is 13.1 Å². The largest absolute Gasteiger partial charge is 0.337 e. The molecule has 0 fully saturated rings. The maximum atomic E-state index is 8.95. The van der Waals surface area contributed by atoms with E-state index in [-0.39, 0.29) is 0 Å². The first-order valence-electron chi connectivity index (χ1n) is 5.46. The Labute approximate surface area is 101 Å². The van der Waals surface area contributed by atoms with Gasteiger partial charge in [-0.1, -0.05) is 18.2 Å². The number of nitrogens with one attached hydrogen (secondary N) is 1. The molecule has 0 aliphatic rings. The predicted molar refractivity (Wildman–Crippen MR) is 64.9 cm³/mol. The summed E-state index contributed by atoms with van der Waals surface area (Å²) in [6.45, 7) is 1.37. The van der Waals surface area contributed by atoms with E-state index in [2.05, 4.69) is 16.4 Å². The van der Waals surface area contributed by atoms with Crippen molar-refractivity contribution in [2.24, 2.45) is 7.05 Å². The Morgan fingerprint density at radius 3 is 2.88 bits per heavy atom. The number of benzene rings is 1. The molecule has 1 heterocycles. The molecule has 0 aliphatic heterocycles. The van der Waals surface area contributed by atoms with E-state index >= 15 is 0 Å². The van der Waals surface area contributed by atoms with Gasteiger partial charge in [-0.2, -0.15) is 5.26 Å². The third-order valence-electron chi connectivity index (χ3n) is 2.66. The summed E-state index contributed by atoms with van der Waals surface area (Å²) in [6.07, 6.45) is 3.69. The third-order valence-corrected chi connectivity index (χ3v) is 2.66. The van der Waals surface area contributed by atoms with Gasteiger partial charge in [0.1, 0.15) is 5.82 Å². The van der Waals surface area contributed by atoms with Gasteiger partial charge in [0.2, 0.25) is 0 Å². The van der Waals surface area contributed by atoms with Gasteiger partial charge < -0.3 is 9.88 Å². The molecule has 1 aromatic heterocycles. The van der Waals surface area contributed by atoms with Gasteiger partial charge in [-0.05, 0) is 11.6 Å². The quantitative estimate of drug-likeness (QED) is 0.861. The second kappa shape index (κ2) is 5.28. The smallest absolute Gasteiger partial charge is 0.122 e. The van der Waals surface area contributed by atoms with Crippen LogP contribution in [0.1, 0.15) is 17.0 Å². The molecule has 4 heteroatoms. The fourth-order valence-electron chi connectivity index (χ4n) is 1.66. The van der Waals surface area contributed by atoms with Crippen LogP contribution in [-0.2, 0) is 20.1 Å². The van der Waals surface area contributed by atoms with E-state index in [1.54, 1.807) is 6.20 Å². The zero-order chi connectivity index (χ0) is 12.1. The average Bonchev–Trinajstić information content (AvgIpc) is 2.76. The summed E-state index contributed by atoms with van der Waals surface area (Å²) in [5.41, 5.74) is 1.74. The Morgan fingerprint density at radius 1 is 1.35 bits per heavy atom.